The van der Waals surface area contributed by atoms with Gasteiger partial charge in [0.25, 0.3) is 0 Å². The molecule has 112 valence electrons. The summed E-state index contributed by atoms with van der Waals surface area (Å²) in [6.45, 7) is 4.92. The van der Waals surface area contributed by atoms with Gasteiger partial charge < -0.3 is 10.1 Å². The fourth-order valence-corrected chi connectivity index (χ4v) is 2.33. The SMILES string of the molecule is CCOC(CC)c1nc2c(c(C(F)(F)F)n1)CCNC2. The van der Waals surface area contributed by atoms with Gasteiger partial charge in [-0.1, -0.05) is 6.92 Å². The summed E-state index contributed by atoms with van der Waals surface area (Å²) in [6.07, 6.45) is -4.11. The Morgan fingerprint density at radius 2 is 2.05 bits per heavy atom. The Bertz CT molecular complexity index is 477. The van der Waals surface area contributed by atoms with Crippen molar-refractivity contribution in [3.8, 4) is 0 Å². The van der Waals surface area contributed by atoms with E-state index >= 15 is 0 Å². The lowest BCUT2D eigenvalue weighted by atomic mass is 10.0. The summed E-state index contributed by atoms with van der Waals surface area (Å²) in [5.41, 5.74) is -0.157. The summed E-state index contributed by atoms with van der Waals surface area (Å²) < 4.78 is 44.9. The molecule has 0 radical (unpaired) electrons. The smallest absolute Gasteiger partial charge is 0.371 e. The second-order valence-corrected chi connectivity index (χ2v) is 4.63. The number of hydrogen-bond donors (Lipinski definition) is 1. The van der Waals surface area contributed by atoms with Gasteiger partial charge >= 0.3 is 6.18 Å². The molecule has 1 aliphatic rings. The zero-order chi connectivity index (χ0) is 14.8. The Balaban J connectivity index is 2.49. The van der Waals surface area contributed by atoms with E-state index < -0.39 is 18.0 Å². The normalized spacial score (nSPS) is 16.9. The molecule has 20 heavy (non-hydrogen) atoms. The maximum absolute atomic E-state index is 13.2. The minimum Gasteiger partial charge on any atom is -0.371 e. The maximum Gasteiger partial charge on any atom is 0.433 e. The van der Waals surface area contributed by atoms with Crippen molar-refractivity contribution in [2.24, 2.45) is 0 Å². The molecule has 1 aromatic heterocycles. The molecule has 2 heterocycles. The van der Waals surface area contributed by atoms with Gasteiger partial charge in [0.1, 0.15) is 6.10 Å². The summed E-state index contributed by atoms with van der Waals surface area (Å²) in [4.78, 5) is 8.04. The highest BCUT2D eigenvalue weighted by Crippen LogP contribution is 2.34. The van der Waals surface area contributed by atoms with Crippen LogP contribution in [0.15, 0.2) is 0 Å². The van der Waals surface area contributed by atoms with Crippen molar-refractivity contribution < 1.29 is 17.9 Å². The largest absolute Gasteiger partial charge is 0.433 e. The van der Waals surface area contributed by atoms with Crippen molar-refractivity contribution in [3.05, 3.63) is 22.8 Å². The molecule has 1 aliphatic heterocycles. The Hall–Kier alpha value is -1.21. The number of nitrogens with zero attached hydrogens (tertiary/aromatic N) is 2. The minimum atomic E-state index is -4.45. The fourth-order valence-electron chi connectivity index (χ4n) is 2.33. The first-order valence-corrected chi connectivity index (χ1v) is 6.76. The van der Waals surface area contributed by atoms with Gasteiger partial charge in [0, 0.05) is 18.7 Å². The molecule has 1 unspecified atom stereocenters. The van der Waals surface area contributed by atoms with E-state index in [1.54, 1.807) is 6.92 Å². The minimum absolute atomic E-state index is 0.129. The third-order valence-electron chi connectivity index (χ3n) is 3.25. The molecule has 0 bridgehead atoms. The van der Waals surface area contributed by atoms with Crippen LogP contribution in [0.25, 0.3) is 0 Å². The van der Waals surface area contributed by atoms with Crippen LogP contribution in [0.2, 0.25) is 0 Å². The quantitative estimate of drug-likeness (QED) is 0.925. The Labute approximate surface area is 115 Å². The molecule has 7 heteroatoms. The van der Waals surface area contributed by atoms with Crippen LogP contribution in [-0.2, 0) is 23.9 Å². The lowest BCUT2D eigenvalue weighted by Crippen LogP contribution is -2.30. The van der Waals surface area contributed by atoms with Crippen LogP contribution in [0.4, 0.5) is 13.2 Å². The standard InChI is InChI=1S/C13H18F3N3O/c1-3-10(20-4-2)12-18-9-7-17-6-5-8(9)11(19-12)13(14,15)16/h10,17H,3-7H2,1-2H3. The number of alkyl halides is 3. The van der Waals surface area contributed by atoms with Gasteiger partial charge in [-0.2, -0.15) is 13.2 Å². The van der Waals surface area contributed by atoms with Crippen LogP contribution >= 0.6 is 0 Å². The highest BCUT2D eigenvalue weighted by molar-refractivity contribution is 5.30. The Morgan fingerprint density at radius 3 is 2.65 bits per heavy atom. The van der Waals surface area contributed by atoms with Crippen LogP contribution in [0.5, 0.6) is 0 Å². The number of aromatic nitrogens is 2. The first-order chi connectivity index (χ1) is 9.47. The Kier molecular flexibility index (Phi) is 4.59. The molecule has 0 amide bonds. The number of fused-ring (bicyclic) bond motifs is 1. The van der Waals surface area contributed by atoms with Crippen molar-refractivity contribution in [2.45, 2.75) is 45.5 Å². The zero-order valence-electron chi connectivity index (χ0n) is 11.5. The molecule has 0 aliphatic carbocycles. The molecular weight excluding hydrogens is 271 g/mol. The third kappa shape index (κ3) is 3.09. The van der Waals surface area contributed by atoms with E-state index in [1.807, 2.05) is 6.92 Å². The first kappa shape index (κ1) is 15.2. The van der Waals surface area contributed by atoms with E-state index in [4.69, 9.17) is 4.74 Å². The van der Waals surface area contributed by atoms with Crippen LogP contribution < -0.4 is 5.32 Å². The number of ether oxygens (including phenoxy) is 1. The molecule has 0 fully saturated rings. The van der Waals surface area contributed by atoms with Gasteiger partial charge in [-0.15, -0.1) is 0 Å². The van der Waals surface area contributed by atoms with Crippen molar-refractivity contribution in [3.63, 3.8) is 0 Å². The van der Waals surface area contributed by atoms with E-state index in [0.717, 1.165) is 0 Å². The van der Waals surface area contributed by atoms with E-state index in [0.29, 0.717) is 38.2 Å². The van der Waals surface area contributed by atoms with Gasteiger partial charge in [-0.05, 0) is 26.3 Å². The van der Waals surface area contributed by atoms with Crippen LogP contribution in [0.1, 0.15) is 49.1 Å². The van der Waals surface area contributed by atoms with Crippen molar-refractivity contribution in [2.75, 3.05) is 13.2 Å². The summed E-state index contributed by atoms with van der Waals surface area (Å²) in [6, 6.07) is 0. The molecule has 0 saturated carbocycles. The van der Waals surface area contributed by atoms with Gasteiger partial charge in [-0.3, -0.25) is 0 Å². The molecule has 1 N–H and O–H groups in total. The average Bonchev–Trinajstić information content (AvgIpc) is 2.42. The van der Waals surface area contributed by atoms with E-state index in [1.165, 1.54) is 0 Å². The third-order valence-corrected chi connectivity index (χ3v) is 3.25. The van der Waals surface area contributed by atoms with E-state index in [-0.39, 0.29) is 11.4 Å². The number of nitrogens with one attached hydrogen (secondary N) is 1. The number of rotatable bonds is 4. The molecule has 1 aromatic rings. The van der Waals surface area contributed by atoms with Crippen LogP contribution in [-0.4, -0.2) is 23.1 Å². The molecular formula is C13H18F3N3O. The number of halogens is 3. The highest BCUT2D eigenvalue weighted by atomic mass is 19.4. The van der Waals surface area contributed by atoms with Crippen molar-refractivity contribution >= 4 is 0 Å². The molecule has 0 saturated heterocycles. The molecule has 4 nitrogen and oxygen atoms in total. The van der Waals surface area contributed by atoms with Crippen molar-refractivity contribution in [1.82, 2.24) is 15.3 Å². The summed E-state index contributed by atoms with van der Waals surface area (Å²) in [7, 11) is 0. The summed E-state index contributed by atoms with van der Waals surface area (Å²) >= 11 is 0. The predicted octanol–water partition coefficient (Wildman–Crippen LogP) is 2.63. The van der Waals surface area contributed by atoms with Gasteiger partial charge in [0.05, 0.1) is 5.69 Å². The Morgan fingerprint density at radius 1 is 1.30 bits per heavy atom. The van der Waals surface area contributed by atoms with Crippen molar-refractivity contribution in [1.29, 1.82) is 0 Å². The maximum atomic E-state index is 13.2. The topological polar surface area (TPSA) is 47.0 Å². The zero-order valence-corrected chi connectivity index (χ0v) is 11.5. The highest BCUT2D eigenvalue weighted by Gasteiger charge is 2.38. The lowest BCUT2D eigenvalue weighted by Gasteiger charge is -2.23. The summed E-state index contributed by atoms with van der Waals surface area (Å²) in [5.74, 6) is 0.129. The second kappa shape index (κ2) is 6.05. The van der Waals surface area contributed by atoms with Gasteiger partial charge in [0.2, 0.25) is 0 Å². The van der Waals surface area contributed by atoms with Gasteiger partial charge in [-0.25, -0.2) is 9.97 Å². The van der Waals surface area contributed by atoms with Gasteiger partial charge in [0.15, 0.2) is 11.5 Å². The molecule has 0 spiro atoms. The fraction of sp³-hybridized carbons (Fsp3) is 0.692. The molecule has 2 rings (SSSR count). The monoisotopic (exact) mass is 289 g/mol. The lowest BCUT2D eigenvalue weighted by molar-refractivity contribution is -0.142. The average molecular weight is 289 g/mol. The van der Waals surface area contributed by atoms with E-state index in [9.17, 15) is 13.2 Å². The number of hydrogen-bond acceptors (Lipinski definition) is 4. The first-order valence-electron chi connectivity index (χ1n) is 6.76. The predicted molar refractivity (Wildman–Crippen MR) is 67.1 cm³/mol. The van der Waals surface area contributed by atoms with E-state index in [2.05, 4.69) is 15.3 Å². The van der Waals surface area contributed by atoms with Crippen LogP contribution in [0, 0.1) is 0 Å². The molecule has 0 aromatic carbocycles. The summed E-state index contributed by atoms with van der Waals surface area (Å²) in [5, 5.41) is 3.04. The van der Waals surface area contributed by atoms with Crippen LogP contribution in [0.3, 0.4) is 0 Å². The molecule has 1 atom stereocenters. The second-order valence-electron chi connectivity index (χ2n) is 4.63.